The van der Waals surface area contributed by atoms with Crippen LogP contribution in [0.5, 0.6) is 0 Å². The molecule has 114 valence electrons. The molecular weight excluding hydrogens is 358 g/mol. The minimum absolute atomic E-state index is 0.0224. The van der Waals surface area contributed by atoms with Gasteiger partial charge in [0.05, 0.1) is 10.9 Å². The van der Waals surface area contributed by atoms with Crippen LogP contribution >= 0.6 is 15.9 Å². The highest BCUT2D eigenvalue weighted by Crippen LogP contribution is 2.31. The molecular formula is C13H16BrN3O3S. The fourth-order valence-corrected chi connectivity index (χ4v) is 5.13. The standard InChI is InChI=1S/C13H16BrN3O3S/c1-9-3-2-4-11(12(9)14)21(19,20)16-7-10(8-16)17-6-5-15-13(17)18/h2-4,10H,5-8H2,1H3,(H,15,18). The average Bonchev–Trinajstić information content (AvgIpc) is 2.77. The van der Waals surface area contributed by atoms with Gasteiger partial charge in [0.15, 0.2) is 0 Å². The summed E-state index contributed by atoms with van der Waals surface area (Å²) in [5.41, 5.74) is 0.882. The van der Waals surface area contributed by atoms with Crippen molar-refractivity contribution in [1.82, 2.24) is 14.5 Å². The van der Waals surface area contributed by atoms with Crippen molar-refractivity contribution in [3.63, 3.8) is 0 Å². The highest BCUT2D eigenvalue weighted by atomic mass is 79.9. The first kappa shape index (κ1) is 14.8. The largest absolute Gasteiger partial charge is 0.336 e. The Morgan fingerprint density at radius 2 is 2.05 bits per heavy atom. The van der Waals surface area contributed by atoms with Crippen LogP contribution in [0.15, 0.2) is 27.6 Å². The number of carbonyl (C=O) groups is 1. The minimum atomic E-state index is -3.51. The number of rotatable bonds is 3. The quantitative estimate of drug-likeness (QED) is 0.863. The Kier molecular flexibility index (Phi) is 3.71. The number of sulfonamides is 1. The highest BCUT2D eigenvalue weighted by molar-refractivity contribution is 9.10. The second-order valence-corrected chi connectivity index (χ2v) is 7.99. The third-order valence-electron chi connectivity index (χ3n) is 3.93. The molecule has 0 saturated carbocycles. The zero-order valence-corrected chi connectivity index (χ0v) is 13.9. The Bertz CT molecular complexity index is 686. The third-order valence-corrected chi connectivity index (χ3v) is 7.12. The van der Waals surface area contributed by atoms with Crippen molar-refractivity contribution in [2.75, 3.05) is 26.2 Å². The van der Waals surface area contributed by atoms with E-state index >= 15 is 0 Å². The first-order chi connectivity index (χ1) is 9.91. The summed E-state index contributed by atoms with van der Waals surface area (Å²) < 4.78 is 27.2. The molecule has 2 heterocycles. The maximum absolute atomic E-state index is 12.6. The van der Waals surface area contributed by atoms with Crippen molar-refractivity contribution in [3.05, 3.63) is 28.2 Å². The lowest BCUT2D eigenvalue weighted by Gasteiger charge is -2.42. The van der Waals surface area contributed by atoms with Crippen molar-refractivity contribution < 1.29 is 13.2 Å². The van der Waals surface area contributed by atoms with Gasteiger partial charge < -0.3 is 10.2 Å². The Morgan fingerprint density at radius 3 is 2.67 bits per heavy atom. The van der Waals surface area contributed by atoms with Gasteiger partial charge in [-0.1, -0.05) is 12.1 Å². The summed E-state index contributed by atoms with van der Waals surface area (Å²) in [5, 5.41) is 2.73. The second-order valence-electron chi connectivity index (χ2n) is 5.29. The first-order valence-electron chi connectivity index (χ1n) is 6.71. The summed E-state index contributed by atoms with van der Waals surface area (Å²) in [6.45, 7) is 3.85. The molecule has 8 heteroatoms. The van der Waals surface area contributed by atoms with E-state index in [4.69, 9.17) is 0 Å². The maximum atomic E-state index is 12.6. The van der Waals surface area contributed by atoms with Crippen LogP contribution in [-0.4, -0.2) is 55.9 Å². The molecule has 21 heavy (non-hydrogen) atoms. The third kappa shape index (κ3) is 2.45. The molecule has 0 aliphatic carbocycles. The molecule has 0 radical (unpaired) electrons. The molecule has 0 aromatic heterocycles. The topological polar surface area (TPSA) is 69.7 Å². The van der Waals surface area contributed by atoms with Crippen molar-refractivity contribution >= 4 is 32.0 Å². The Balaban J connectivity index is 1.76. The van der Waals surface area contributed by atoms with E-state index in [1.807, 2.05) is 13.0 Å². The van der Waals surface area contributed by atoms with E-state index < -0.39 is 10.0 Å². The predicted molar refractivity (Wildman–Crippen MR) is 81.5 cm³/mol. The SMILES string of the molecule is Cc1cccc(S(=O)(=O)N2CC(N3CCNC3=O)C2)c1Br. The summed E-state index contributed by atoms with van der Waals surface area (Å²) in [6, 6.07) is 5.07. The van der Waals surface area contributed by atoms with Gasteiger partial charge in [0.1, 0.15) is 0 Å². The molecule has 2 amide bonds. The molecule has 2 aliphatic heterocycles. The Labute approximate surface area is 132 Å². The number of benzene rings is 1. The van der Waals surface area contributed by atoms with Crippen molar-refractivity contribution in [2.24, 2.45) is 0 Å². The number of carbonyl (C=O) groups excluding carboxylic acids is 1. The predicted octanol–water partition coefficient (Wildman–Crippen LogP) is 1.16. The molecule has 1 aromatic rings. The lowest BCUT2D eigenvalue weighted by molar-refractivity contribution is 0.124. The lowest BCUT2D eigenvalue weighted by atomic mass is 10.1. The van der Waals surface area contributed by atoms with E-state index in [9.17, 15) is 13.2 Å². The molecule has 0 bridgehead atoms. The zero-order chi connectivity index (χ0) is 15.2. The van der Waals surface area contributed by atoms with Crippen molar-refractivity contribution in [2.45, 2.75) is 17.9 Å². The average molecular weight is 374 g/mol. The number of hydrogen-bond donors (Lipinski definition) is 1. The second kappa shape index (κ2) is 5.26. The maximum Gasteiger partial charge on any atom is 0.317 e. The van der Waals surface area contributed by atoms with Gasteiger partial charge >= 0.3 is 6.03 Å². The normalized spacial score (nSPS) is 20.5. The van der Waals surface area contributed by atoms with Gasteiger partial charge in [-0.3, -0.25) is 0 Å². The smallest absolute Gasteiger partial charge is 0.317 e. The van der Waals surface area contributed by atoms with E-state index in [0.717, 1.165) is 5.56 Å². The van der Waals surface area contributed by atoms with E-state index in [2.05, 4.69) is 21.2 Å². The first-order valence-corrected chi connectivity index (χ1v) is 8.94. The molecule has 0 unspecified atom stereocenters. The number of hydrogen-bond acceptors (Lipinski definition) is 3. The van der Waals surface area contributed by atoms with Gasteiger partial charge in [-0.15, -0.1) is 0 Å². The van der Waals surface area contributed by atoms with Crippen LogP contribution in [-0.2, 0) is 10.0 Å². The molecule has 0 atom stereocenters. The summed E-state index contributed by atoms with van der Waals surface area (Å²) in [5.74, 6) is 0. The van der Waals surface area contributed by atoms with Crippen LogP contribution in [0.4, 0.5) is 4.79 Å². The molecule has 1 aromatic carbocycles. The van der Waals surface area contributed by atoms with Gasteiger partial charge in [0.2, 0.25) is 10.0 Å². The van der Waals surface area contributed by atoms with Gasteiger partial charge in [-0.2, -0.15) is 4.31 Å². The van der Waals surface area contributed by atoms with Crippen molar-refractivity contribution in [1.29, 1.82) is 0 Å². The summed E-state index contributed by atoms with van der Waals surface area (Å²) in [7, 11) is -3.51. The zero-order valence-electron chi connectivity index (χ0n) is 11.5. The van der Waals surface area contributed by atoms with Crippen LogP contribution in [0.3, 0.4) is 0 Å². The molecule has 2 saturated heterocycles. The van der Waals surface area contributed by atoms with Gasteiger partial charge in [-0.05, 0) is 34.5 Å². The number of aryl methyl sites for hydroxylation is 1. The van der Waals surface area contributed by atoms with E-state index in [1.165, 1.54) is 4.31 Å². The molecule has 2 aliphatic rings. The molecule has 3 rings (SSSR count). The Hall–Kier alpha value is -1.12. The van der Waals surface area contributed by atoms with Gasteiger partial charge in [0.25, 0.3) is 0 Å². The molecule has 1 N–H and O–H groups in total. The monoisotopic (exact) mass is 373 g/mol. The van der Waals surface area contributed by atoms with Crippen LogP contribution < -0.4 is 5.32 Å². The van der Waals surface area contributed by atoms with Crippen LogP contribution in [0.2, 0.25) is 0 Å². The number of nitrogens with one attached hydrogen (secondary N) is 1. The molecule has 6 nitrogen and oxygen atoms in total. The minimum Gasteiger partial charge on any atom is -0.336 e. The van der Waals surface area contributed by atoms with E-state index in [0.29, 0.717) is 30.7 Å². The van der Waals surface area contributed by atoms with Crippen LogP contribution in [0, 0.1) is 6.92 Å². The van der Waals surface area contributed by atoms with E-state index in [1.54, 1.807) is 17.0 Å². The van der Waals surface area contributed by atoms with Gasteiger partial charge in [-0.25, -0.2) is 13.2 Å². The summed E-state index contributed by atoms with van der Waals surface area (Å²) in [6.07, 6.45) is 0. The number of nitrogens with zero attached hydrogens (tertiary/aromatic N) is 2. The van der Waals surface area contributed by atoms with Crippen molar-refractivity contribution in [3.8, 4) is 0 Å². The summed E-state index contributed by atoms with van der Waals surface area (Å²) in [4.78, 5) is 13.6. The fourth-order valence-electron chi connectivity index (χ4n) is 2.60. The summed E-state index contributed by atoms with van der Waals surface area (Å²) >= 11 is 3.35. The van der Waals surface area contributed by atoms with Gasteiger partial charge in [0, 0.05) is 30.7 Å². The lowest BCUT2D eigenvalue weighted by Crippen LogP contribution is -2.61. The fraction of sp³-hybridized carbons (Fsp3) is 0.462. The number of amides is 2. The van der Waals surface area contributed by atoms with Crippen LogP contribution in [0.1, 0.15) is 5.56 Å². The molecule has 0 spiro atoms. The van der Waals surface area contributed by atoms with Crippen LogP contribution in [0.25, 0.3) is 0 Å². The number of urea groups is 1. The number of halogens is 1. The Morgan fingerprint density at radius 1 is 1.33 bits per heavy atom. The highest BCUT2D eigenvalue weighted by Gasteiger charge is 2.42. The van der Waals surface area contributed by atoms with E-state index in [-0.39, 0.29) is 17.0 Å². The molecule has 2 fully saturated rings.